The molecule has 0 amide bonds. The topological polar surface area (TPSA) is 120 Å². The predicted octanol–water partition coefficient (Wildman–Crippen LogP) is 0.129. The molecule has 0 aliphatic rings. The van der Waals surface area contributed by atoms with Crippen LogP contribution in [0.3, 0.4) is 0 Å². The van der Waals surface area contributed by atoms with E-state index in [0.717, 1.165) is 0 Å². The maximum absolute atomic E-state index is 10.8. The molecule has 0 unspecified atom stereocenters. The van der Waals surface area contributed by atoms with Gasteiger partial charge in [0.2, 0.25) is 10.0 Å². The number of hydrogen-bond donors (Lipinski definition) is 2. The summed E-state index contributed by atoms with van der Waals surface area (Å²) in [7, 11) is -8.84. The van der Waals surface area contributed by atoms with Crippen molar-refractivity contribution in [3.63, 3.8) is 0 Å². The van der Waals surface area contributed by atoms with Gasteiger partial charge < -0.3 is 0 Å². The van der Waals surface area contributed by atoms with Crippen LogP contribution in [0.15, 0.2) is 35.2 Å². The molecule has 0 heterocycles. The molecular formula is C7H9F3N2O4S2. The van der Waals surface area contributed by atoms with E-state index >= 15 is 0 Å². The molecule has 4 N–H and O–H groups in total. The van der Waals surface area contributed by atoms with Crippen LogP contribution in [0.1, 0.15) is 0 Å². The molecule has 1 aromatic carbocycles. The number of primary sulfonamides is 2. The fourth-order valence-corrected chi connectivity index (χ4v) is 1.15. The normalized spacial score (nSPS) is 12.5. The first-order valence-electron chi connectivity index (χ1n) is 4.02. The molecule has 0 bridgehead atoms. The number of alkyl halides is 3. The van der Waals surface area contributed by atoms with Gasteiger partial charge in [-0.1, -0.05) is 18.2 Å². The van der Waals surface area contributed by atoms with Crippen molar-refractivity contribution in [2.75, 3.05) is 0 Å². The highest BCUT2D eigenvalue weighted by molar-refractivity contribution is 7.90. The van der Waals surface area contributed by atoms with E-state index in [1.54, 1.807) is 18.2 Å². The summed E-state index contributed by atoms with van der Waals surface area (Å²) < 4.78 is 72.4. The van der Waals surface area contributed by atoms with E-state index in [1.807, 2.05) is 0 Å². The molecule has 1 rings (SSSR count). The van der Waals surface area contributed by atoms with E-state index in [4.69, 9.17) is 5.14 Å². The number of nitrogens with two attached hydrogens (primary N) is 2. The first-order chi connectivity index (χ1) is 7.86. The minimum Gasteiger partial charge on any atom is -0.225 e. The zero-order valence-electron chi connectivity index (χ0n) is 8.62. The van der Waals surface area contributed by atoms with Crippen molar-refractivity contribution in [1.29, 1.82) is 0 Å². The van der Waals surface area contributed by atoms with Gasteiger partial charge in [0, 0.05) is 0 Å². The summed E-state index contributed by atoms with van der Waals surface area (Å²) in [5, 5.41) is 8.49. The van der Waals surface area contributed by atoms with Crippen molar-refractivity contribution >= 4 is 20.0 Å². The summed E-state index contributed by atoms with van der Waals surface area (Å²) in [5.74, 6) is 0. The third kappa shape index (κ3) is 5.95. The van der Waals surface area contributed by atoms with Crippen molar-refractivity contribution in [1.82, 2.24) is 0 Å². The summed E-state index contributed by atoms with van der Waals surface area (Å²) in [5.41, 5.74) is -5.31. The summed E-state index contributed by atoms with van der Waals surface area (Å²) >= 11 is 0. The second-order valence-corrected chi connectivity index (χ2v) is 5.96. The van der Waals surface area contributed by atoms with Crippen LogP contribution in [0, 0.1) is 0 Å². The molecule has 0 radical (unpaired) electrons. The number of rotatable bonds is 1. The Labute approximate surface area is 102 Å². The summed E-state index contributed by atoms with van der Waals surface area (Å²) in [4.78, 5) is 0.148. The van der Waals surface area contributed by atoms with Crippen LogP contribution in [0.25, 0.3) is 0 Å². The molecule has 0 spiro atoms. The van der Waals surface area contributed by atoms with Gasteiger partial charge in [0.1, 0.15) is 0 Å². The summed E-state index contributed by atoms with van der Waals surface area (Å²) in [6.07, 6.45) is 0. The van der Waals surface area contributed by atoms with Crippen LogP contribution < -0.4 is 10.3 Å². The van der Waals surface area contributed by atoms with Crippen molar-refractivity contribution < 1.29 is 30.0 Å². The Morgan fingerprint density at radius 3 is 1.39 bits per heavy atom. The zero-order valence-corrected chi connectivity index (χ0v) is 10.3. The van der Waals surface area contributed by atoms with Crippen molar-refractivity contribution in [2.45, 2.75) is 10.4 Å². The van der Waals surface area contributed by atoms with E-state index in [1.165, 1.54) is 12.1 Å². The van der Waals surface area contributed by atoms with Crippen LogP contribution in [-0.4, -0.2) is 22.3 Å². The molecular weight excluding hydrogens is 297 g/mol. The van der Waals surface area contributed by atoms with E-state index in [0.29, 0.717) is 0 Å². The number of benzene rings is 1. The number of halogens is 3. The Hall–Kier alpha value is -1.17. The van der Waals surface area contributed by atoms with Crippen molar-refractivity contribution in [3.05, 3.63) is 30.3 Å². The lowest BCUT2D eigenvalue weighted by Crippen LogP contribution is -2.30. The first kappa shape index (κ1) is 16.8. The van der Waals surface area contributed by atoms with Gasteiger partial charge in [-0.05, 0) is 12.1 Å². The Bertz CT molecular complexity index is 581. The van der Waals surface area contributed by atoms with Gasteiger partial charge in [0.15, 0.2) is 0 Å². The SMILES string of the molecule is NS(=O)(=O)C(F)(F)F.NS(=O)(=O)c1ccccc1. The fourth-order valence-electron chi connectivity index (χ4n) is 0.610. The Morgan fingerprint density at radius 1 is 0.889 bits per heavy atom. The third-order valence-corrected chi connectivity index (χ3v) is 2.97. The third-order valence-electron chi connectivity index (χ3n) is 1.39. The van der Waals surface area contributed by atoms with Crippen LogP contribution >= 0.6 is 0 Å². The fraction of sp³-hybridized carbons (Fsp3) is 0.143. The molecule has 0 saturated heterocycles. The van der Waals surface area contributed by atoms with Gasteiger partial charge in [-0.25, -0.2) is 27.1 Å². The monoisotopic (exact) mass is 306 g/mol. The van der Waals surface area contributed by atoms with Gasteiger partial charge >= 0.3 is 15.5 Å². The van der Waals surface area contributed by atoms with Crippen LogP contribution in [0.2, 0.25) is 0 Å². The smallest absolute Gasteiger partial charge is 0.225 e. The average molecular weight is 306 g/mol. The minimum atomic E-state index is -5.34. The molecule has 0 atom stereocenters. The molecule has 11 heteroatoms. The van der Waals surface area contributed by atoms with Gasteiger partial charge in [-0.2, -0.15) is 13.2 Å². The molecule has 1 aromatic rings. The molecule has 6 nitrogen and oxygen atoms in total. The van der Waals surface area contributed by atoms with Crippen molar-refractivity contribution in [2.24, 2.45) is 10.3 Å². The Morgan fingerprint density at radius 2 is 1.22 bits per heavy atom. The van der Waals surface area contributed by atoms with Gasteiger partial charge in [0.05, 0.1) is 4.90 Å². The van der Waals surface area contributed by atoms with E-state index in [2.05, 4.69) is 5.14 Å². The minimum absolute atomic E-state index is 0.148. The van der Waals surface area contributed by atoms with Crippen LogP contribution in [0.4, 0.5) is 13.2 Å². The lowest BCUT2D eigenvalue weighted by molar-refractivity contribution is -0.0436. The average Bonchev–Trinajstić information content (AvgIpc) is 2.15. The van der Waals surface area contributed by atoms with Gasteiger partial charge in [-0.3, -0.25) is 0 Å². The Kier molecular flexibility index (Phi) is 5.28. The number of hydrogen-bond acceptors (Lipinski definition) is 4. The van der Waals surface area contributed by atoms with E-state index < -0.39 is 25.6 Å². The molecule has 104 valence electrons. The highest BCUT2D eigenvalue weighted by Crippen LogP contribution is 2.18. The quantitative estimate of drug-likeness (QED) is 0.766. The predicted molar refractivity (Wildman–Crippen MR) is 57.0 cm³/mol. The second-order valence-electron chi connectivity index (χ2n) is 2.85. The Balaban J connectivity index is 0.000000331. The molecule has 0 aliphatic carbocycles. The van der Waals surface area contributed by atoms with Crippen LogP contribution in [0.5, 0.6) is 0 Å². The summed E-state index contributed by atoms with van der Waals surface area (Å²) in [6, 6.07) is 7.89. The van der Waals surface area contributed by atoms with E-state index in [9.17, 15) is 30.0 Å². The zero-order chi connectivity index (χ0) is 14.6. The van der Waals surface area contributed by atoms with Crippen molar-refractivity contribution in [3.8, 4) is 0 Å². The standard InChI is InChI=1S/C6H7NO2S.CH2F3NO2S/c7-10(8,9)6-4-2-1-3-5-6;2-1(3,4)8(5,6)7/h1-5H,(H2,7,8,9);(H2,5,6,7). The van der Waals surface area contributed by atoms with Crippen LogP contribution in [-0.2, 0) is 20.0 Å². The van der Waals surface area contributed by atoms with E-state index in [-0.39, 0.29) is 4.90 Å². The maximum Gasteiger partial charge on any atom is 0.511 e. The van der Waals surface area contributed by atoms with Gasteiger partial charge in [-0.15, -0.1) is 0 Å². The maximum atomic E-state index is 10.8. The largest absolute Gasteiger partial charge is 0.511 e. The molecule has 0 aliphatic heterocycles. The lowest BCUT2D eigenvalue weighted by atomic mass is 10.4. The molecule has 0 fully saturated rings. The number of sulfonamides is 2. The molecule has 18 heavy (non-hydrogen) atoms. The molecule has 0 aromatic heterocycles. The summed E-state index contributed by atoms with van der Waals surface area (Å²) in [6.45, 7) is 0. The second kappa shape index (κ2) is 5.65. The molecule has 0 saturated carbocycles. The van der Waals surface area contributed by atoms with Gasteiger partial charge in [0.25, 0.3) is 0 Å². The first-order valence-corrected chi connectivity index (χ1v) is 7.12. The highest BCUT2D eigenvalue weighted by Gasteiger charge is 2.42. The highest BCUT2D eigenvalue weighted by atomic mass is 32.2. The lowest BCUT2D eigenvalue weighted by Gasteiger charge is -1.98.